The first-order chi connectivity index (χ1) is 13.8. The SMILES string of the molecule is CCCC[C@H]1CC[C@H](COc2ccc(C#Cc3ccc(OC)cc3)cc2)CC1. The highest BCUT2D eigenvalue weighted by molar-refractivity contribution is 5.45. The van der Waals surface area contributed by atoms with Gasteiger partial charge < -0.3 is 9.47 Å². The average molecular weight is 377 g/mol. The molecule has 2 heteroatoms. The highest BCUT2D eigenvalue weighted by Gasteiger charge is 2.21. The van der Waals surface area contributed by atoms with Crippen molar-refractivity contribution in [3.63, 3.8) is 0 Å². The van der Waals surface area contributed by atoms with Gasteiger partial charge in [0.1, 0.15) is 11.5 Å². The van der Waals surface area contributed by atoms with Crippen molar-refractivity contribution in [3.8, 4) is 23.3 Å². The quantitative estimate of drug-likeness (QED) is 0.516. The van der Waals surface area contributed by atoms with Gasteiger partial charge in [0, 0.05) is 11.1 Å². The Bertz CT molecular complexity index is 757. The zero-order valence-electron chi connectivity index (χ0n) is 17.2. The Morgan fingerprint density at radius 2 is 1.32 bits per heavy atom. The summed E-state index contributed by atoms with van der Waals surface area (Å²) >= 11 is 0. The van der Waals surface area contributed by atoms with Crippen LogP contribution in [0, 0.1) is 23.7 Å². The molecule has 0 saturated heterocycles. The Balaban J connectivity index is 1.44. The Morgan fingerprint density at radius 1 is 0.786 bits per heavy atom. The van der Waals surface area contributed by atoms with Crippen molar-refractivity contribution in [2.24, 2.45) is 11.8 Å². The summed E-state index contributed by atoms with van der Waals surface area (Å²) in [6.07, 6.45) is 9.54. The van der Waals surface area contributed by atoms with Gasteiger partial charge in [0.15, 0.2) is 0 Å². The molecule has 1 aliphatic carbocycles. The van der Waals surface area contributed by atoms with Gasteiger partial charge in [0.05, 0.1) is 13.7 Å². The number of hydrogen-bond acceptors (Lipinski definition) is 2. The summed E-state index contributed by atoms with van der Waals surface area (Å²) < 4.78 is 11.2. The summed E-state index contributed by atoms with van der Waals surface area (Å²) in [7, 11) is 1.67. The maximum Gasteiger partial charge on any atom is 0.119 e. The van der Waals surface area contributed by atoms with Crippen LogP contribution in [0.15, 0.2) is 48.5 Å². The Kier molecular flexibility index (Phi) is 7.85. The fourth-order valence-electron chi connectivity index (χ4n) is 3.85. The molecule has 28 heavy (non-hydrogen) atoms. The minimum atomic E-state index is 0.715. The molecular formula is C26H32O2. The highest BCUT2D eigenvalue weighted by Crippen LogP contribution is 2.32. The van der Waals surface area contributed by atoms with E-state index in [0.717, 1.165) is 35.2 Å². The number of benzene rings is 2. The van der Waals surface area contributed by atoms with Crippen LogP contribution >= 0.6 is 0 Å². The van der Waals surface area contributed by atoms with Gasteiger partial charge >= 0.3 is 0 Å². The average Bonchev–Trinajstić information content (AvgIpc) is 2.76. The lowest BCUT2D eigenvalue weighted by Crippen LogP contribution is -2.20. The molecule has 0 unspecified atom stereocenters. The van der Waals surface area contributed by atoms with Crippen molar-refractivity contribution in [2.75, 3.05) is 13.7 Å². The minimum absolute atomic E-state index is 0.715. The van der Waals surface area contributed by atoms with Crippen LogP contribution in [0.25, 0.3) is 0 Å². The first-order valence-electron chi connectivity index (χ1n) is 10.7. The summed E-state index contributed by atoms with van der Waals surface area (Å²) in [6.45, 7) is 3.13. The normalized spacial score (nSPS) is 18.8. The number of methoxy groups -OCH3 is 1. The molecule has 0 spiro atoms. The van der Waals surface area contributed by atoms with Crippen molar-refractivity contribution in [3.05, 3.63) is 59.7 Å². The Labute approximate surface area is 170 Å². The minimum Gasteiger partial charge on any atom is -0.497 e. The zero-order valence-corrected chi connectivity index (χ0v) is 17.2. The molecule has 0 radical (unpaired) electrons. The van der Waals surface area contributed by atoms with Gasteiger partial charge in [-0.25, -0.2) is 0 Å². The molecule has 0 atom stereocenters. The van der Waals surface area contributed by atoms with E-state index >= 15 is 0 Å². The van der Waals surface area contributed by atoms with E-state index in [-0.39, 0.29) is 0 Å². The highest BCUT2D eigenvalue weighted by atomic mass is 16.5. The number of ether oxygens (including phenoxy) is 2. The second-order valence-corrected chi connectivity index (χ2v) is 7.84. The molecule has 148 valence electrons. The molecule has 0 aromatic heterocycles. The molecular weight excluding hydrogens is 344 g/mol. The van der Waals surface area contributed by atoms with Gasteiger partial charge in [-0.3, -0.25) is 0 Å². The third-order valence-electron chi connectivity index (χ3n) is 5.71. The van der Waals surface area contributed by atoms with E-state index in [1.165, 1.54) is 44.9 Å². The van der Waals surface area contributed by atoms with Gasteiger partial charge in [0.25, 0.3) is 0 Å². The lowest BCUT2D eigenvalue weighted by atomic mass is 9.80. The first kappa shape index (κ1) is 20.3. The first-order valence-corrected chi connectivity index (χ1v) is 10.7. The van der Waals surface area contributed by atoms with E-state index in [4.69, 9.17) is 9.47 Å². The maximum absolute atomic E-state index is 6.04. The number of unbranched alkanes of at least 4 members (excludes halogenated alkanes) is 1. The van der Waals surface area contributed by atoms with E-state index in [0.29, 0.717) is 5.92 Å². The number of hydrogen-bond donors (Lipinski definition) is 0. The van der Waals surface area contributed by atoms with Gasteiger partial charge in [-0.15, -0.1) is 0 Å². The fourth-order valence-corrected chi connectivity index (χ4v) is 3.85. The summed E-state index contributed by atoms with van der Waals surface area (Å²) in [5.41, 5.74) is 1.98. The van der Waals surface area contributed by atoms with E-state index in [2.05, 4.69) is 18.8 Å². The second-order valence-electron chi connectivity index (χ2n) is 7.84. The topological polar surface area (TPSA) is 18.5 Å². The smallest absolute Gasteiger partial charge is 0.119 e. The molecule has 2 aromatic carbocycles. The molecule has 0 amide bonds. The largest absolute Gasteiger partial charge is 0.497 e. The monoisotopic (exact) mass is 376 g/mol. The second kappa shape index (κ2) is 10.8. The lowest BCUT2D eigenvalue weighted by molar-refractivity contribution is 0.178. The molecule has 1 aliphatic rings. The third kappa shape index (κ3) is 6.34. The fraction of sp³-hybridized carbons (Fsp3) is 0.462. The predicted octanol–water partition coefficient (Wildman–Crippen LogP) is 6.47. The maximum atomic E-state index is 6.04. The molecule has 1 saturated carbocycles. The van der Waals surface area contributed by atoms with E-state index < -0.39 is 0 Å². The van der Waals surface area contributed by atoms with Crippen LogP contribution in [0.1, 0.15) is 63.0 Å². The van der Waals surface area contributed by atoms with Gasteiger partial charge in [0.2, 0.25) is 0 Å². The van der Waals surface area contributed by atoms with Gasteiger partial charge in [-0.2, -0.15) is 0 Å². The van der Waals surface area contributed by atoms with E-state index in [9.17, 15) is 0 Å². The van der Waals surface area contributed by atoms with Crippen LogP contribution in [-0.4, -0.2) is 13.7 Å². The van der Waals surface area contributed by atoms with Gasteiger partial charge in [-0.05, 0) is 73.2 Å². The summed E-state index contributed by atoms with van der Waals surface area (Å²) in [5, 5.41) is 0. The van der Waals surface area contributed by atoms with Crippen molar-refractivity contribution < 1.29 is 9.47 Å². The molecule has 2 aromatic rings. The summed E-state index contributed by atoms with van der Waals surface area (Å²) in [4.78, 5) is 0. The molecule has 1 fully saturated rings. The summed E-state index contributed by atoms with van der Waals surface area (Å²) in [5.74, 6) is 9.86. The van der Waals surface area contributed by atoms with Gasteiger partial charge in [-0.1, -0.05) is 50.9 Å². The van der Waals surface area contributed by atoms with Crippen LogP contribution in [0.4, 0.5) is 0 Å². The molecule has 3 rings (SSSR count). The Morgan fingerprint density at radius 3 is 1.86 bits per heavy atom. The van der Waals surface area contributed by atoms with E-state index in [1.54, 1.807) is 7.11 Å². The van der Waals surface area contributed by atoms with Crippen molar-refractivity contribution in [1.29, 1.82) is 0 Å². The zero-order chi connectivity index (χ0) is 19.6. The molecule has 0 N–H and O–H groups in total. The van der Waals surface area contributed by atoms with Crippen LogP contribution in [-0.2, 0) is 0 Å². The standard InChI is InChI=1S/C26H32O2/c1-3-4-5-21-8-10-24(11-9-21)20-28-26-18-14-23(15-19-26)7-6-22-12-16-25(27-2)17-13-22/h12-19,21,24H,3-5,8-11,20H2,1-2H3/t21-,24-. The van der Waals surface area contributed by atoms with E-state index in [1.807, 2.05) is 48.5 Å². The van der Waals surface area contributed by atoms with Crippen molar-refractivity contribution in [2.45, 2.75) is 51.9 Å². The third-order valence-corrected chi connectivity index (χ3v) is 5.71. The number of rotatable bonds is 7. The van der Waals surface area contributed by atoms with Crippen molar-refractivity contribution >= 4 is 0 Å². The molecule has 2 nitrogen and oxygen atoms in total. The molecule has 0 bridgehead atoms. The molecule has 0 heterocycles. The van der Waals surface area contributed by atoms with Crippen LogP contribution in [0.2, 0.25) is 0 Å². The summed E-state index contributed by atoms with van der Waals surface area (Å²) in [6, 6.07) is 15.9. The predicted molar refractivity (Wildman–Crippen MR) is 116 cm³/mol. The Hall–Kier alpha value is -2.40. The van der Waals surface area contributed by atoms with Crippen LogP contribution < -0.4 is 9.47 Å². The lowest BCUT2D eigenvalue weighted by Gasteiger charge is -2.28. The molecule has 0 aliphatic heterocycles. The van der Waals surface area contributed by atoms with Crippen molar-refractivity contribution in [1.82, 2.24) is 0 Å². The van der Waals surface area contributed by atoms with Crippen LogP contribution in [0.3, 0.4) is 0 Å². The van der Waals surface area contributed by atoms with Crippen LogP contribution in [0.5, 0.6) is 11.5 Å².